The van der Waals surface area contributed by atoms with Gasteiger partial charge in [-0.2, -0.15) is 0 Å². The summed E-state index contributed by atoms with van der Waals surface area (Å²) in [5, 5.41) is 11.7. The third-order valence-corrected chi connectivity index (χ3v) is 4.48. The number of hydrogen-bond acceptors (Lipinski definition) is 4. The van der Waals surface area contributed by atoms with Crippen molar-refractivity contribution in [1.29, 1.82) is 0 Å². The molecule has 5 nitrogen and oxygen atoms in total. The van der Waals surface area contributed by atoms with Crippen LogP contribution in [0, 0.1) is 0 Å². The summed E-state index contributed by atoms with van der Waals surface area (Å²) in [6, 6.07) is 14.1. The van der Waals surface area contributed by atoms with Gasteiger partial charge in [-0.15, -0.1) is 10.2 Å². The summed E-state index contributed by atoms with van der Waals surface area (Å²) in [5.74, 6) is 0.672. The molecular formula is C19H24N4O. The van der Waals surface area contributed by atoms with Crippen LogP contribution in [0.5, 0.6) is 0 Å². The molecule has 24 heavy (non-hydrogen) atoms. The zero-order valence-electron chi connectivity index (χ0n) is 14.1. The SMILES string of the molecule is CCN(Cc1ccccc1)C(=O)c1ccc(NC2CCCC2)nn1. The summed E-state index contributed by atoms with van der Waals surface area (Å²) in [7, 11) is 0. The fourth-order valence-electron chi connectivity index (χ4n) is 3.10. The highest BCUT2D eigenvalue weighted by molar-refractivity contribution is 5.92. The summed E-state index contributed by atoms with van der Waals surface area (Å²) >= 11 is 0. The van der Waals surface area contributed by atoms with Gasteiger partial charge < -0.3 is 10.2 Å². The highest BCUT2D eigenvalue weighted by atomic mass is 16.2. The van der Waals surface area contributed by atoms with Gasteiger partial charge >= 0.3 is 0 Å². The number of carbonyl (C=O) groups is 1. The summed E-state index contributed by atoms with van der Waals surface area (Å²) in [4.78, 5) is 14.4. The molecule has 2 aromatic rings. The molecule has 1 fully saturated rings. The number of nitrogens with zero attached hydrogens (tertiary/aromatic N) is 3. The van der Waals surface area contributed by atoms with Crippen molar-refractivity contribution in [3.8, 4) is 0 Å². The van der Waals surface area contributed by atoms with Crippen molar-refractivity contribution < 1.29 is 4.79 Å². The Morgan fingerprint density at radius 1 is 1.12 bits per heavy atom. The molecule has 0 radical (unpaired) electrons. The Kier molecular flexibility index (Phi) is 5.41. The van der Waals surface area contributed by atoms with E-state index in [-0.39, 0.29) is 5.91 Å². The van der Waals surface area contributed by atoms with Crippen molar-refractivity contribution in [2.24, 2.45) is 0 Å². The Bertz CT molecular complexity index is 651. The van der Waals surface area contributed by atoms with Gasteiger partial charge in [-0.05, 0) is 37.5 Å². The number of nitrogens with one attached hydrogen (secondary N) is 1. The molecule has 1 aromatic carbocycles. The van der Waals surface area contributed by atoms with Crippen molar-refractivity contribution in [2.45, 2.75) is 45.2 Å². The van der Waals surface area contributed by atoms with Crippen LogP contribution >= 0.6 is 0 Å². The van der Waals surface area contributed by atoms with E-state index < -0.39 is 0 Å². The summed E-state index contributed by atoms with van der Waals surface area (Å²) in [6.45, 7) is 3.20. The second-order valence-corrected chi connectivity index (χ2v) is 6.23. The van der Waals surface area contributed by atoms with Crippen LogP contribution in [0.4, 0.5) is 5.82 Å². The molecule has 1 aromatic heterocycles. The highest BCUT2D eigenvalue weighted by Gasteiger charge is 2.18. The van der Waals surface area contributed by atoms with E-state index in [1.54, 1.807) is 11.0 Å². The Labute approximate surface area is 143 Å². The van der Waals surface area contributed by atoms with Crippen LogP contribution in [-0.4, -0.2) is 33.6 Å². The monoisotopic (exact) mass is 324 g/mol. The minimum Gasteiger partial charge on any atom is -0.366 e. The van der Waals surface area contributed by atoms with E-state index >= 15 is 0 Å². The van der Waals surface area contributed by atoms with Gasteiger partial charge in [0.1, 0.15) is 5.82 Å². The summed E-state index contributed by atoms with van der Waals surface area (Å²) in [5.41, 5.74) is 1.50. The molecule has 5 heteroatoms. The minimum absolute atomic E-state index is 0.0822. The Balaban J connectivity index is 1.64. The van der Waals surface area contributed by atoms with Crippen LogP contribution in [0.25, 0.3) is 0 Å². The summed E-state index contributed by atoms with van der Waals surface area (Å²) in [6.07, 6.45) is 4.91. The van der Waals surface area contributed by atoms with Gasteiger partial charge in [0, 0.05) is 19.1 Å². The first kappa shape index (κ1) is 16.4. The lowest BCUT2D eigenvalue weighted by molar-refractivity contribution is 0.0745. The van der Waals surface area contributed by atoms with Crippen molar-refractivity contribution in [1.82, 2.24) is 15.1 Å². The second-order valence-electron chi connectivity index (χ2n) is 6.23. The number of hydrogen-bond donors (Lipinski definition) is 1. The normalized spacial score (nSPS) is 14.5. The molecule has 0 saturated heterocycles. The lowest BCUT2D eigenvalue weighted by atomic mass is 10.2. The van der Waals surface area contributed by atoms with E-state index in [0.29, 0.717) is 24.8 Å². The zero-order valence-corrected chi connectivity index (χ0v) is 14.1. The Morgan fingerprint density at radius 3 is 2.50 bits per heavy atom. The standard InChI is InChI=1S/C19H24N4O/c1-2-23(14-15-8-4-3-5-9-15)19(24)17-12-13-18(22-21-17)20-16-10-6-7-11-16/h3-5,8-9,12-13,16H,2,6-7,10-11,14H2,1H3,(H,20,22). The first-order valence-corrected chi connectivity index (χ1v) is 8.69. The van der Waals surface area contributed by atoms with Crippen molar-refractivity contribution in [2.75, 3.05) is 11.9 Å². The van der Waals surface area contributed by atoms with Gasteiger partial charge in [0.25, 0.3) is 5.91 Å². The number of aromatic nitrogens is 2. The maximum absolute atomic E-state index is 12.6. The number of anilines is 1. The molecular weight excluding hydrogens is 300 g/mol. The summed E-state index contributed by atoms with van der Waals surface area (Å²) < 4.78 is 0. The third kappa shape index (κ3) is 4.10. The molecule has 0 spiro atoms. The smallest absolute Gasteiger partial charge is 0.274 e. The Morgan fingerprint density at radius 2 is 1.88 bits per heavy atom. The van der Waals surface area contributed by atoms with Gasteiger partial charge in [-0.3, -0.25) is 4.79 Å². The first-order valence-electron chi connectivity index (χ1n) is 8.69. The molecule has 1 amide bonds. The van der Waals surface area contributed by atoms with Crippen LogP contribution < -0.4 is 5.32 Å². The van der Waals surface area contributed by atoms with E-state index in [4.69, 9.17) is 0 Å². The molecule has 0 atom stereocenters. The van der Waals surface area contributed by atoms with Crippen LogP contribution in [0.1, 0.15) is 48.7 Å². The third-order valence-electron chi connectivity index (χ3n) is 4.48. The lowest BCUT2D eigenvalue weighted by Crippen LogP contribution is -2.31. The van der Waals surface area contributed by atoms with Crippen molar-refractivity contribution in [3.63, 3.8) is 0 Å². The van der Waals surface area contributed by atoms with Gasteiger partial charge in [-0.1, -0.05) is 43.2 Å². The average molecular weight is 324 g/mol. The number of carbonyl (C=O) groups excluding carboxylic acids is 1. The van der Waals surface area contributed by atoms with E-state index in [2.05, 4.69) is 15.5 Å². The zero-order chi connectivity index (χ0) is 16.8. The van der Waals surface area contributed by atoms with Gasteiger partial charge in [0.2, 0.25) is 0 Å². The first-order chi connectivity index (χ1) is 11.8. The number of amides is 1. The number of benzene rings is 1. The molecule has 1 aliphatic rings. The fourth-order valence-corrected chi connectivity index (χ4v) is 3.10. The van der Waals surface area contributed by atoms with E-state index in [0.717, 1.165) is 11.4 Å². The molecule has 3 rings (SSSR count). The second kappa shape index (κ2) is 7.90. The predicted molar refractivity (Wildman–Crippen MR) is 94.8 cm³/mol. The topological polar surface area (TPSA) is 58.1 Å². The highest BCUT2D eigenvalue weighted by Crippen LogP contribution is 2.21. The van der Waals surface area contributed by atoms with Gasteiger partial charge in [0.15, 0.2) is 5.69 Å². The quantitative estimate of drug-likeness (QED) is 0.883. The molecule has 1 saturated carbocycles. The lowest BCUT2D eigenvalue weighted by Gasteiger charge is -2.20. The van der Waals surface area contributed by atoms with Crippen LogP contribution in [0.3, 0.4) is 0 Å². The maximum atomic E-state index is 12.6. The maximum Gasteiger partial charge on any atom is 0.274 e. The fraction of sp³-hybridized carbons (Fsp3) is 0.421. The molecule has 0 bridgehead atoms. The van der Waals surface area contributed by atoms with E-state index in [1.165, 1.54) is 25.7 Å². The molecule has 1 aliphatic carbocycles. The van der Waals surface area contributed by atoms with Crippen molar-refractivity contribution in [3.05, 3.63) is 53.7 Å². The number of rotatable bonds is 6. The molecule has 126 valence electrons. The van der Waals surface area contributed by atoms with Gasteiger partial charge in [-0.25, -0.2) is 0 Å². The minimum atomic E-state index is -0.0822. The van der Waals surface area contributed by atoms with Gasteiger partial charge in [0.05, 0.1) is 0 Å². The predicted octanol–water partition coefficient (Wildman–Crippen LogP) is 3.49. The Hall–Kier alpha value is -2.43. The van der Waals surface area contributed by atoms with E-state index in [9.17, 15) is 4.79 Å². The molecule has 0 aliphatic heterocycles. The van der Waals surface area contributed by atoms with Crippen LogP contribution in [0.15, 0.2) is 42.5 Å². The van der Waals surface area contributed by atoms with E-state index in [1.807, 2.05) is 43.3 Å². The average Bonchev–Trinajstić information content (AvgIpc) is 3.14. The van der Waals surface area contributed by atoms with Crippen molar-refractivity contribution >= 4 is 11.7 Å². The molecule has 1 N–H and O–H groups in total. The molecule has 1 heterocycles. The van der Waals surface area contributed by atoms with Crippen LogP contribution in [0.2, 0.25) is 0 Å². The van der Waals surface area contributed by atoms with Crippen LogP contribution in [-0.2, 0) is 6.54 Å². The largest absolute Gasteiger partial charge is 0.366 e. The molecule has 0 unspecified atom stereocenters.